The fourth-order valence-electron chi connectivity index (χ4n) is 0.837. The lowest BCUT2D eigenvalue weighted by Gasteiger charge is -2.07. The van der Waals surface area contributed by atoms with Gasteiger partial charge in [-0.3, -0.25) is 0 Å². The normalized spacial score (nSPS) is 10.8. The van der Waals surface area contributed by atoms with Crippen molar-refractivity contribution in [2.45, 2.75) is 13.1 Å². The van der Waals surface area contributed by atoms with Gasteiger partial charge in [-0.15, -0.1) is 11.3 Å². The third-order valence-corrected chi connectivity index (χ3v) is 3.34. The Hall–Kier alpha value is -0.453. The molecule has 1 heterocycles. The second kappa shape index (κ2) is 4.69. The Kier molecular flexibility index (Phi) is 3.83. The minimum atomic E-state index is -0.993. The molecule has 72 valence electrons. The molecule has 1 aromatic heterocycles. The minimum Gasteiger partial charge on any atom is -0.416 e. The van der Waals surface area contributed by atoms with Crippen molar-refractivity contribution in [1.82, 2.24) is 0 Å². The first kappa shape index (κ1) is 10.6. The zero-order valence-electron chi connectivity index (χ0n) is 7.84. The van der Waals surface area contributed by atoms with Gasteiger partial charge in [-0.05, 0) is 24.7 Å². The molecule has 0 fully saturated rings. The Labute approximate surface area is 83.6 Å². The van der Waals surface area contributed by atoms with Gasteiger partial charge in [0.2, 0.25) is 0 Å². The minimum absolute atomic E-state index is 0.192. The standard InChI is InChI=1S/C9H13FOSSi/c1-7(5-11-13(2)3)9-4-8(10)6-12-9/h4,6,13H,1,5H2,2-3H3. The van der Waals surface area contributed by atoms with Gasteiger partial charge in [-0.2, -0.15) is 0 Å². The summed E-state index contributed by atoms with van der Waals surface area (Å²) in [6.07, 6.45) is 0. The van der Waals surface area contributed by atoms with Crippen LogP contribution in [-0.2, 0) is 4.43 Å². The van der Waals surface area contributed by atoms with Crippen LogP contribution in [0.1, 0.15) is 4.88 Å². The fraction of sp³-hybridized carbons (Fsp3) is 0.333. The Bertz CT molecular complexity index is 296. The van der Waals surface area contributed by atoms with Crippen molar-refractivity contribution in [2.75, 3.05) is 6.61 Å². The van der Waals surface area contributed by atoms with E-state index < -0.39 is 9.04 Å². The average Bonchev–Trinajstić information content (AvgIpc) is 2.47. The smallest absolute Gasteiger partial charge is 0.171 e. The van der Waals surface area contributed by atoms with Crippen molar-refractivity contribution < 1.29 is 8.82 Å². The van der Waals surface area contributed by atoms with E-state index >= 15 is 0 Å². The van der Waals surface area contributed by atoms with Crippen LogP contribution in [0, 0.1) is 5.82 Å². The number of rotatable bonds is 4. The average molecular weight is 216 g/mol. The lowest BCUT2D eigenvalue weighted by atomic mass is 10.3. The van der Waals surface area contributed by atoms with Crippen LogP contribution in [0.25, 0.3) is 5.57 Å². The molecule has 1 aromatic rings. The van der Waals surface area contributed by atoms with Crippen LogP contribution >= 0.6 is 11.3 Å². The number of hydrogen-bond acceptors (Lipinski definition) is 2. The van der Waals surface area contributed by atoms with E-state index in [0.717, 1.165) is 10.5 Å². The fourth-order valence-corrected chi connectivity index (χ4v) is 2.09. The first-order valence-corrected chi connectivity index (χ1v) is 7.79. The number of thiophene rings is 1. The molecule has 0 spiro atoms. The van der Waals surface area contributed by atoms with E-state index in [1.807, 2.05) is 0 Å². The third-order valence-electron chi connectivity index (χ3n) is 1.51. The second-order valence-corrected chi connectivity index (χ2v) is 6.43. The van der Waals surface area contributed by atoms with Crippen molar-refractivity contribution in [1.29, 1.82) is 0 Å². The molecular formula is C9H13FOSSi. The van der Waals surface area contributed by atoms with E-state index in [4.69, 9.17) is 4.43 Å². The van der Waals surface area contributed by atoms with Crippen molar-refractivity contribution in [3.05, 3.63) is 28.7 Å². The lowest BCUT2D eigenvalue weighted by molar-refractivity contribution is 0.382. The number of hydrogen-bond donors (Lipinski definition) is 0. The molecule has 0 amide bonds. The maximum Gasteiger partial charge on any atom is 0.171 e. The molecule has 0 aromatic carbocycles. The molecule has 0 atom stereocenters. The van der Waals surface area contributed by atoms with Gasteiger partial charge in [0.25, 0.3) is 0 Å². The summed E-state index contributed by atoms with van der Waals surface area (Å²) in [6.45, 7) is 8.58. The van der Waals surface area contributed by atoms with Crippen molar-refractivity contribution in [2.24, 2.45) is 0 Å². The molecular weight excluding hydrogens is 203 g/mol. The molecule has 0 aliphatic heterocycles. The molecule has 1 rings (SSSR count). The van der Waals surface area contributed by atoms with Gasteiger partial charge >= 0.3 is 0 Å². The molecule has 0 aliphatic carbocycles. The second-order valence-electron chi connectivity index (χ2n) is 3.09. The lowest BCUT2D eigenvalue weighted by Crippen LogP contribution is -2.08. The van der Waals surface area contributed by atoms with Gasteiger partial charge in [0.1, 0.15) is 5.82 Å². The van der Waals surface area contributed by atoms with Crippen LogP contribution in [0.15, 0.2) is 18.0 Å². The Morgan fingerprint density at radius 2 is 2.38 bits per heavy atom. The SMILES string of the molecule is C=C(CO[SiH](C)C)c1cc(F)cs1. The van der Waals surface area contributed by atoms with Crippen molar-refractivity contribution in [3.63, 3.8) is 0 Å². The van der Waals surface area contributed by atoms with Crippen LogP contribution < -0.4 is 0 Å². The highest BCUT2D eigenvalue weighted by Crippen LogP contribution is 2.21. The summed E-state index contributed by atoms with van der Waals surface area (Å²) in [7, 11) is -0.993. The van der Waals surface area contributed by atoms with E-state index in [9.17, 15) is 4.39 Å². The summed E-state index contributed by atoms with van der Waals surface area (Å²) in [6, 6.07) is 1.50. The predicted octanol–water partition coefficient (Wildman–Crippen LogP) is 2.90. The summed E-state index contributed by atoms with van der Waals surface area (Å²) in [5.41, 5.74) is 0.870. The molecule has 0 saturated heterocycles. The van der Waals surface area contributed by atoms with E-state index in [0.29, 0.717) is 6.61 Å². The summed E-state index contributed by atoms with van der Waals surface area (Å²) in [4.78, 5) is 0.882. The molecule has 13 heavy (non-hydrogen) atoms. The zero-order chi connectivity index (χ0) is 9.84. The highest BCUT2D eigenvalue weighted by atomic mass is 32.1. The number of halogens is 1. The van der Waals surface area contributed by atoms with E-state index in [2.05, 4.69) is 19.7 Å². The maximum atomic E-state index is 12.6. The molecule has 0 aliphatic rings. The van der Waals surface area contributed by atoms with Crippen molar-refractivity contribution in [3.8, 4) is 0 Å². The Morgan fingerprint density at radius 1 is 1.69 bits per heavy atom. The molecule has 4 heteroatoms. The van der Waals surface area contributed by atoms with E-state index in [-0.39, 0.29) is 5.82 Å². The van der Waals surface area contributed by atoms with Crippen LogP contribution in [0.4, 0.5) is 4.39 Å². The highest BCUT2D eigenvalue weighted by molar-refractivity contribution is 7.11. The molecule has 0 N–H and O–H groups in total. The van der Waals surface area contributed by atoms with Gasteiger partial charge in [-0.25, -0.2) is 4.39 Å². The van der Waals surface area contributed by atoms with Gasteiger partial charge in [0.05, 0.1) is 6.61 Å². The summed E-state index contributed by atoms with van der Waals surface area (Å²) < 4.78 is 18.1. The third kappa shape index (κ3) is 3.42. The Morgan fingerprint density at radius 3 is 2.85 bits per heavy atom. The molecule has 1 nitrogen and oxygen atoms in total. The first-order chi connectivity index (χ1) is 6.09. The summed E-state index contributed by atoms with van der Waals surface area (Å²) in [5, 5.41) is 1.48. The van der Waals surface area contributed by atoms with Gasteiger partial charge in [-0.1, -0.05) is 6.58 Å². The van der Waals surface area contributed by atoms with Crippen LogP contribution in [0.5, 0.6) is 0 Å². The molecule has 0 unspecified atom stereocenters. The summed E-state index contributed by atoms with van der Waals surface area (Å²) >= 11 is 1.37. The van der Waals surface area contributed by atoms with Gasteiger partial charge in [0, 0.05) is 10.3 Å². The molecule has 0 bridgehead atoms. The van der Waals surface area contributed by atoms with Crippen molar-refractivity contribution >= 4 is 26.0 Å². The quantitative estimate of drug-likeness (QED) is 0.703. The Balaban J connectivity index is 2.49. The van der Waals surface area contributed by atoms with E-state index in [1.165, 1.54) is 22.8 Å². The largest absolute Gasteiger partial charge is 0.416 e. The van der Waals surface area contributed by atoms with Gasteiger partial charge in [0.15, 0.2) is 9.04 Å². The summed E-state index contributed by atoms with van der Waals surface area (Å²) in [5.74, 6) is -0.192. The highest BCUT2D eigenvalue weighted by Gasteiger charge is 2.04. The molecule has 0 radical (unpaired) electrons. The first-order valence-electron chi connectivity index (χ1n) is 4.13. The predicted molar refractivity (Wildman–Crippen MR) is 58.1 cm³/mol. The molecule has 0 saturated carbocycles. The monoisotopic (exact) mass is 216 g/mol. The van der Waals surface area contributed by atoms with Crippen LogP contribution in [0.3, 0.4) is 0 Å². The topological polar surface area (TPSA) is 9.23 Å². The van der Waals surface area contributed by atoms with E-state index in [1.54, 1.807) is 0 Å². The maximum absolute atomic E-state index is 12.6. The zero-order valence-corrected chi connectivity index (χ0v) is 9.81. The van der Waals surface area contributed by atoms with Crippen LogP contribution in [0.2, 0.25) is 13.1 Å². The van der Waals surface area contributed by atoms with Crippen LogP contribution in [-0.4, -0.2) is 15.6 Å². The van der Waals surface area contributed by atoms with Gasteiger partial charge < -0.3 is 4.43 Å².